The maximum atomic E-state index is 12.0. The van der Waals surface area contributed by atoms with Crippen molar-refractivity contribution in [1.29, 1.82) is 0 Å². The number of nitrogens with one attached hydrogen (secondary N) is 2. The van der Waals surface area contributed by atoms with Crippen molar-refractivity contribution >= 4 is 40.5 Å². The molecule has 19 heavy (non-hydrogen) atoms. The van der Waals surface area contributed by atoms with Crippen LogP contribution >= 0.6 is 23.8 Å². The molecule has 0 spiro atoms. The van der Waals surface area contributed by atoms with Crippen molar-refractivity contribution in [2.75, 3.05) is 5.32 Å². The van der Waals surface area contributed by atoms with E-state index >= 15 is 0 Å². The number of hydrogen-bond acceptors (Lipinski definition) is 3. The highest BCUT2D eigenvalue weighted by Gasteiger charge is 2.13. The Morgan fingerprint density at radius 1 is 1.53 bits per heavy atom. The third-order valence-electron chi connectivity index (χ3n) is 2.58. The van der Waals surface area contributed by atoms with Crippen molar-refractivity contribution in [3.8, 4) is 0 Å². The van der Waals surface area contributed by atoms with Crippen LogP contribution in [0.5, 0.6) is 0 Å². The van der Waals surface area contributed by atoms with Gasteiger partial charge < -0.3 is 11.1 Å². The number of aromatic amines is 1. The molecule has 0 saturated heterocycles. The molecule has 0 saturated carbocycles. The molecule has 4 N–H and O–H groups in total. The first-order chi connectivity index (χ1) is 8.99. The summed E-state index contributed by atoms with van der Waals surface area (Å²) in [6.45, 7) is 1.86. The Balaban J connectivity index is 2.23. The number of thiocarbonyl (C=S) groups is 1. The zero-order valence-electron chi connectivity index (χ0n) is 10.0. The molecule has 0 aliphatic heterocycles. The summed E-state index contributed by atoms with van der Waals surface area (Å²) in [6, 6.07) is 5.06. The highest BCUT2D eigenvalue weighted by atomic mass is 35.5. The first-order valence-electron chi connectivity index (χ1n) is 5.39. The van der Waals surface area contributed by atoms with Crippen molar-refractivity contribution in [2.24, 2.45) is 5.73 Å². The van der Waals surface area contributed by atoms with Gasteiger partial charge in [-0.2, -0.15) is 5.10 Å². The number of aromatic nitrogens is 2. The maximum absolute atomic E-state index is 12.0. The lowest BCUT2D eigenvalue weighted by Crippen LogP contribution is -2.17. The van der Waals surface area contributed by atoms with Gasteiger partial charge in [0, 0.05) is 10.6 Å². The number of carbonyl (C=O) groups excluding carboxylic acids is 1. The van der Waals surface area contributed by atoms with Crippen LogP contribution in [0.3, 0.4) is 0 Å². The molecule has 0 bridgehead atoms. The number of benzene rings is 1. The molecule has 2 aromatic rings. The normalized spacial score (nSPS) is 10.2. The van der Waals surface area contributed by atoms with Crippen molar-refractivity contribution < 1.29 is 4.79 Å². The quantitative estimate of drug-likeness (QED) is 0.758. The second-order valence-corrected chi connectivity index (χ2v) is 4.79. The SMILES string of the molecule is Cc1ccc(C(=O)Nc2[nH]ncc2C(N)=S)cc1Cl. The number of nitrogens with zero attached hydrogens (tertiary/aromatic N) is 1. The van der Waals surface area contributed by atoms with Gasteiger partial charge in [-0.25, -0.2) is 0 Å². The first-order valence-corrected chi connectivity index (χ1v) is 6.18. The van der Waals surface area contributed by atoms with Crippen LogP contribution < -0.4 is 11.1 Å². The minimum absolute atomic E-state index is 0.158. The molecular formula is C12H11ClN4OS. The molecule has 1 amide bonds. The molecule has 1 aromatic carbocycles. The predicted octanol–water partition coefficient (Wildman–Crippen LogP) is 2.26. The Hall–Kier alpha value is -1.92. The Kier molecular flexibility index (Phi) is 3.82. The van der Waals surface area contributed by atoms with E-state index in [0.29, 0.717) is 22.0 Å². The number of aryl methyl sites for hydroxylation is 1. The number of carbonyl (C=O) groups is 1. The molecular weight excluding hydrogens is 284 g/mol. The number of anilines is 1. The summed E-state index contributed by atoms with van der Waals surface area (Å²) < 4.78 is 0. The second-order valence-electron chi connectivity index (χ2n) is 3.94. The molecule has 0 atom stereocenters. The first kappa shape index (κ1) is 13.5. The van der Waals surface area contributed by atoms with Crippen LogP contribution in [0.15, 0.2) is 24.4 Å². The van der Waals surface area contributed by atoms with Crippen molar-refractivity contribution in [2.45, 2.75) is 6.92 Å². The van der Waals surface area contributed by atoms with Crippen LogP contribution in [-0.4, -0.2) is 21.1 Å². The lowest BCUT2D eigenvalue weighted by molar-refractivity contribution is 0.102. The zero-order valence-corrected chi connectivity index (χ0v) is 11.6. The maximum Gasteiger partial charge on any atom is 0.256 e. The van der Waals surface area contributed by atoms with E-state index in [1.165, 1.54) is 6.20 Å². The summed E-state index contributed by atoms with van der Waals surface area (Å²) in [5, 5.41) is 9.61. The molecule has 7 heteroatoms. The van der Waals surface area contributed by atoms with Crippen LogP contribution in [0.25, 0.3) is 0 Å². The molecule has 1 aromatic heterocycles. The molecule has 0 fully saturated rings. The summed E-state index contributed by atoms with van der Waals surface area (Å²) >= 11 is 10.8. The van der Waals surface area contributed by atoms with E-state index in [4.69, 9.17) is 29.6 Å². The van der Waals surface area contributed by atoms with Gasteiger partial charge >= 0.3 is 0 Å². The Labute approximate surface area is 120 Å². The van der Waals surface area contributed by atoms with Gasteiger partial charge in [0.15, 0.2) is 0 Å². The Bertz CT molecular complexity index is 653. The monoisotopic (exact) mass is 294 g/mol. The molecule has 0 aliphatic rings. The van der Waals surface area contributed by atoms with Gasteiger partial charge in [-0.1, -0.05) is 29.9 Å². The third kappa shape index (κ3) is 2.91. The average Bonchev–Trinajstić information content (AvgIpc) is 2.80. The van der Waals surface area contributed by atoms with Gasteiger partial charge in [-0.3, -0.25) is 9.89 Å². The van der Waals surface area contributed by atoms with Gasteiger partial charge in [-0.15, -0.1) is 0 Å². The van der Waals surface area contributed by atoms with Gasteiger partial charge in [-0.05, 0) is 24.6 Å². The molecule has 5 nitrogen and oxygen atoms in total. The summed E-state index contributed by atoms with van der Waals surface area (Å²) in [6.07, 6.45) is 1.46. The van der Waals surface area contributed by atoms with E-state index in [9.17, 15) is 4.79 Å². The highest BCUT2D eigenvalue weighted by molar-refractivity contribution is 7.80. The van der Waals surface area contributed by atoms with Gasteiger partial charge in [0.25, 0.3) is 5.91 Å². The van der Waals surface area contributed by atoms with Crippen LogP contribution in [-0.2, 0) is 0 Å². The third-order valence-corrected chi connectivity index (χ3v) is 3.20. The van der Waals surface area contributed by atoms with Gasteiger partial charge in [0.2, 0.25) is 0 Å². The Morgan fingerprint density at radius 2 is 2.26 bits per heavy atom. The van der Waals surface area contributed by atoms with Crippen molar-refractivity contribution in [1.82, 2.24) is 10.2 Å². The summed E-state index contributed by atoms with van der Waals surface area (Å²) in [7, 11) is 0. The van der Waals surface area contributed by atoms with E-state index in [1.807, 2.05) is 6.92 Å². The standard InChI is InChI=1S/C12H11ClN4OS/c1-6-2-3-7(4-9(6)13)12(18)16-11-8(10(14)19)5-15-17-11/h2-5H,1H3,(H2,14,19)(H2,15,16,17,18). The van der Waals surface area contributed by atoms with Gasteiger partial charge in [0.1, 0.15) is 10.8 Å². The summed E-state index contributed by atoms with van der Waals surface area (Å²) in [5.74, 6) is 0.0536. The topological polar surface area (TPSA) is 83.8 Å². The van der Waals surface area contributed by atoms with E-state index in [1.54, 1.807) is 18.2 Å². The zero-order chi connectivity index (χ0) is 14.0. The number of hydrogen-bond donors (Lipinski definition) is 3. The average molecular weight is 295 g/mol. The van der Waals surface area contributed by atoms with Gasteiger partial charge in [0.05, 0.1) is 11.8 Å². The molecule has 2 rings (SSSR count). The molecule has 98 valence electrons. The van der Waals surface area contributed by atoms with Crippen LogP contribution in [0, 0.1) is 6.92 Å². The van der Waals surface area contributed by atoms with E-state index < -0.39 is 0 Å². The predicted molar refractivity (Wildman–Crippen MR) is 78.6 cm³/mol. The minimum atomic E-state index is -0.316. The summed E-state index contributed by atoms with van der Waals surface area (Å²) in [5.41, 5.74) is 7.35. The fourth-order valence-electron chi connectivity index (χ4n) is 1.49. The minimum Gasteiger partial charge on any atom is -0.389 e. The molecule has 1 heterocycles. The second kappa shape index (κ2) is 5.38. The highest BCUT2D eigenvalue weighted by Crippen LogP contribution is 2.18. The fraction of sp³-hybridized carbons (Fsp3) is 0.0833. The Morgan fingerprint density at radius 3 is 2.89 bits per heavy atom. The number of rotatable bonds is 3. The van der Waals surface area contributed by atoms with E-state index in [2.05, 4.69) is 15.5 Å². The van der Waals surface area contributed by atoms with Crippen molar-refractivity contribution in [3.63, 3.8) is 0 Å². The number of nitrogens with two attached hydrogens (primary N) is 1. The summed E-state index contributed by atoms with van der Waals surface area (Å²) in [4.78, 5) is 12.2. The molecule has 0 radical (unpaired) electrons. The lowest BCUT2D eigenvalue weighted by atomic mass is 10.1. The number of amides is 1. The van der Waals surface area contributed by atoms with Crippen LogP contribution in [0.2, 0.25) is 5.02 Å². The van der Waals surface area contributed by atoms with E-state index in [0.717, 1.165) is 5.56 Å². The largest absolute Gasteiger partial charge is 0.389 e. The van der Waals surface area contributed by atoms with E-state index in [-0.39, 0.29) is 10.9 Å². The van der Waals surface area contributed by atoms with Crippen LogP contribution in [0.4, 0.5) is 5.82 Å². The smallest absolute Gasteiger partial charge is 0.256 e. The number of H-pyrrole nitrogens is 1. The van der Waals surface area contributed by atoms with Crippen LogP contribution in [0.1, 0.15) is 21.5 Å². The molecule has 0 unspecified atom stereocenters. The number of halogens is 1. The molecule has 0 aliphatic carbocycles. The fourth-order valence-corrected chi connectivity index (χ4v) is 1.82. The van der Waals surface area contributed by atoms with Crippen molar-refractivity contribution in [3.05, 3.63) is 46.1 Å². The lowest BCUT2D eigenvalue weighted by Gasteiger charge is -2.06.